The smallest absolute Gasteiger partial charge is 0.137 e. The van der Waals surface area contributed by atoms with Crippen LogP contribution in [0.4, 0.5) is 4.39 Å². The molecule has 19 heavy (non-hydrogen) atoms. The second-order valence-corrected chi connectivity index (χ2v) is 6.60. The molecule has 0 aliphatic heterocycles. The van der Waals surface area contributed by atoms with Crippen LogP contribution in [-0.2, 0) is 6.54 Å². The summed E-state index contributed by atoms with van der Waals surface area (Å²) in [5.74, 6) is 1.63. The summed E-state index contributed by atoms with van der Waals surface area (Å²) in [5.41, 5.74) is 0.997. The zero-order chi connectivity index (χ0) is 13.7. The lowest BCUT2D eigenvalue weighted by Crippen LogP contribution is -2.20. The molecule has 1 aromatic carbocycles. The van der Waals surface area contributed by atoms with Gasteiger partial charge in [0.05, 0.1) is 4.47 Å². The fourth-order valence-corrected chi connectivity index (χ4v) is 3.24. The van der Waals surface area contributed by atoms with Crippen LogP contribution in [0, 0.1) is 17.7 Å². The Bertz CT molecular complexity index is 400. The molecule has 0 bridgehead atoms. The molecule has 0 radical (unpaired) electrons. The van der Waals surface area contributed by atoms with Crippen LogP contribution < -0.4 is 5.32 Å². The lowest BCUT2D eigenvalue weighted by atomic mass is 9.81. The minimum absolute atomic E-state index is 0.180. The van der Waals surface area contributed by atoms with Crippen molar-refractivity contribution < 1.29 is 4.39 Å². The number of halogens is 2. The van der Waals surface area contributed by atoms with E-state index in [0.717, 1.165) is 30.5 Å². The van der Waals surface area contributed by atoms with Crippen molar-refractivity contribution in [3.05, 3.63) is 34.1 Å². The predicted octanol–water partition coefficient (Wildman–Crippen LogP) is 4.89. The van der Waals surface area contributed by atoms with Crippen molar-refractivity contribution in [1.82, 2.24) is 5.32 Å². The molecule has 1 aliphatic carbocycles. The molecule has 0 spiro atoms. The molecular weight excluding hydrogens is 305 g/mol. The van der Waals surface area contributed by atoms with Gasteiger partial charge in [-0.05, 0) is 52.4 Å². The maximum Gasteiger partial charge on any atom is 0.137 e. The minimum atomic E-state index is -0.180. The molecule has 1 N–H and O–H groups in total. The SMILES string of the molecule is CC1CCC(CCNCc2cccc(F)c2Br)CC1. The summed E-state index contributed by atoms with van der Waals surface area (Å²) in [7, 11) is 0. The summed E-state index contributed by atoms with van der Waals surface area (Å²) < 4.78 is 13.9. The van der Waals surface area contributed by atoms with Crippen LogP contribution in [0.3, 0.4) is 0 Å². The summed E-state index contributed by atoms with van der Waals surface area (Å²) in [5, 5.41) is 3.43. The maximum absolute atomic E-state index is 13.3. The van der Waals surface area contributed by atoms with Crippen LogP contribution in [0.2, 0.25) is 0 Å². The molecule has 1 aliphatic rings. The van der Waals surface area contributed by atoms with E-state index in [4.69, 9.17) is 0 Å². The van der Waals surface area contributed by atoms with Gasteiger partial charge in [-0.3, -0.25) is 0 Å². The third-order valence-electron chi connectivity index (χ3n) is 4.21. The van der Waals surface area contributed by atoms with E-state index in [0.29, 0.717) is 4.47 Å². The fraction of sp³-hybridized carbons (Fsp3) is 0.625. The van der Waals surface area contributed by atoms with Crippen LogP contribution in [0.15, 0.2) is 22.7 Å². The van der Waals surface area contributed by atoms with Crippen molar-refractivity contribution in [3.63, 3.8) is 0 Å². The summed E-state index contributed by atoms with van der Waals surface area (Å²) in [4.78, 5) is 0. The largest absolute Gasteiger partial charge is 0.313 e. The molecule has 0 saturated heterocycles. The molecule has 1 saturated carbocycles. The van der Waals surface area contributed by atoms with Crippen molar-refractivity contribution in [1.29, 1.82) is 0 Å². The highest BCUT2D eigenvalue weighted by Gasteiger charge is 2.17. The Morgan fingerprint density at radius 2 is 2.00 bits per heavy atom. The molecule has 2 rings (SSSR count). The van der Waals surface area contributed by atoms with Gasteiger partial charge in [0.15, 0.2) is 0 Å². The van der Waals surface area contributed by atoms with E-state index >= 15 is 0 Å². The first kappa shape index (κ1) is 15.0. The highest BCUT2D eigenvalue weighted by Crippen LogP contribution is 2.30. The molecule has 3 heteroatoms. The molecule has 0 amide bonds. The average Bonchev–Trinajstić information content (AvgIpc) is 2.41. The van der Waals surface area contributed by atoms with Crippen LogP contribution in [0.5, 0.6) is 0 Å². The Morgan fingerprint density at radius 3 is 2.74 bits per heavy atom. The number of hydrogen-bond donors (Lipinski definition) is 1. The van der Waals surface area contributed by atoms with Crippen LogP contribution in [0.1, 0.15) is 44.6 Å². The van der Waals surface area contributed by atoms with Crippen LogP contribution >= 0.6 is 15.9 Å². The zero-order valence-corrected chi connectivity index (χ0v) is 13.2. The molecule has 1 fully saturated rings. The van der Waals surface area contributed by atoms with E-state index in [9.17, 15) is 4.39 Å². The van der Waals surface area contributed by atoms with Crippen LogP contribution in [-0.4, -0.2) is 6.54 Å². The predicted molar refractivity (Wildman–Crippen MR) is 81.5 cm³/mol. The fourth-order valence-electron chi connectivity index (χ4n) is 2.83. The van der Waals surface area contributed by atoms with Gasteiger partial charge in [-0.1, -0.05) is 44.7 Å². The first-order valence-corrected chi connectivity index (χ1v) is 8.09. The highest BCUT2D eigenvalue weighted by molar-refractivity contribution is 9.10. The lowest BCUT2D eigenvalue weighted by molar-refractivity contribution is 0.275. The second-order valence-electron chi connectivity index (χ2n) is 5.80. The third-order valence-corrected chi connectivity index (χ3v) is 5.10. The molecule has 1 aromatic rings. The van der Waals surface area contributed by atoms with Gasteiger partial charge < -0.3 is 5.32 Å². The van der Waals surface area contributed by atoms with Gasteiger partial charge >= 0.3 is 0 Å². The highest BCUT2D eigenvalue weighted by atomic mass is 79.9. The average molecular weight is 328 g/mol. The number of benzene rings is 1. The van der Waals surface area contributed by atoms with Gasteiger partial charge in [-0.25, -0.2) is 4.39 Å². The van der Waals surface area contributed by atoms with E-state index in [1.165, 1.54) is 38.2 Å². The molecular formula is C16H23BrFN. The summed E-state index contributed by atoms with van der Waals surface area (Å²) >= 11 is 3.30. The third kappa shape index (κ3) is 4.57. The van der Waals surface area contributed by atoms with Gasteiger partial charge in [0.25, 0.3) is 0 Å². The van der Waals surface area contributed by atoms with E-state index in [1.54, 1.807) is 6.07 Å². The molecule has 0 atom stereocenters. The summed E-state index contributed by atoms with van der Waals surface area (Å²) in [6.45, 7) is 4.12. The Hall–Kier alpha value is -0.410. The quantitative estimate of drug-likeness (QED) is 0.759. The van der Waals surface area contributed by atoms with Gasteiger partial charge in [-0.2, -0.15) is 0 Å². The first-order valence-electron chi connectivity index (χ1n) is 7.30. The van der Waals surface area contributed by atoms with Crippen molar-refractivity contribution in [3.8, 4) is 0 Å². The Balaban J connectivity index is 1.68. The topological polar surface area (TPSA) is 12.0 Å². The van der Waals surface area contributed by atoms with Crippen molar-refractivity contribution >= 4 is 15.9 Å². The van der Waals surface area contributed by atoms with Gasteiger partial charge in [0.2, 0.25) is 0 Å². The van der Waals surface area contributed by atoms with Gasteiger partial charge in [0.1, 0.15) is 5.82 Å². The molecule has 0 unspecified atom stereocenters. The molecule has 0 aromatic heterocycles. The molecule has 1 nitrogen and oxygen atoms in total. The zero-order valence-electron chi connectivity index (χ0n) is 11.6. The second kappa shape index (κ2) is 7.39. The number of rotatable bonds is 5. The minimum Gasteiger partial charge on any atom is -0.313 e. The van der Waals surface area contributed by atoms with Gasteiger partial charge in [0, 0.05) is 6.54 Å². The van der Waals surface area contributed by atoms with Crippen molar-refractivity contribution in [2.75, 3.05) is 6.54 Å². The van der Waals surface area contributed by atoms with E-state index < -0.39 is 0 Å². The first-order chi connectivity index (χ1) is 9.16. The summed E-state index contributed by atoms with van der Waals surface area (Å²) in [6.07, 6.45) is 6.79. The monoisotopic (exact) mass is 327 g/mol. The molecule has 0 heterocycles. The Kier molecular flexibility index (Phi) is 5.83. The normalized spacial score (nSPS) is 23.5. The maximum atomic E-state index is 13.3. The molecule has 106 valence electrons. The number of nitrogens with one attached hydrogen (secondary N) is 1. The summed E-state index contributed by atoms with van der Waals surface area (Å²) in [6, 6.07) is 5.21. The van der Waals surface area contributed by atoms with E-state index in [2.05, 4.69) is 28.2 Å². The van der Waals surface area contributed by atoms with E-state index in [-0.39, 0.29) is 5.82 Å². The lowest BCUT2D eigenvalue weighted by Gasteiger charge is -2.26. The van der Waals surface area contributed by atoms with E-state index in [1.807, 2.05) is 6.07 Å². The Morgan fingerprint density at radius 1 is 1.26 bits per heavy atom. The van der Waals surface area contributed by atoms with Gasteiger partial charge in [-0.15, -0.1) is 0 Å². The van der Waals surface area contributed by atoms with Crippen molar-refractivity contribution in [2.24, 2.45) is 11.8 Å². The van der Waals surface area contributed by atoms with Crippen LogP contribution in [0.25, 0.3) is 0 Å². The number of hydrogen-bond acceptors (Lipinski definition) is 1. The Labute approximate surface area is 124 Å². The standard InChI is InChI=1S/C16H23BrFN/c1-12-5-7-13(8-6-12)9-10-19-11-14-3-2-4-15(18)16(14)17/h2-4,12-13,19H,5-11H2,1H3. The van der Waals surface area contributed by atoms with Crippen molar-refractivity contribution in [2.45, 2.75) is 45.6 Å².